The van der Waals surface area contributed by atoms with Gasteiger partial charge in [0.25, 0.3) is 0 Å². The van der Waals surface area contributed by atoms with Gasteiger partial charge in [0.05, 0.1) is 36.8 Å². The first-order valence-electron chi connectivity index (χ1n) is 14.8. The molecule has 0 bridgehead atoms. The highest BCUT2D eigenvalue weighted by atomic mass is 16.7. The van der Waals surface area contributed by atoms with E-state index in [4.69, 9.17) is 9.57 Å². The number of aromatic nitrogens is 2. The van der Waals surface area contributed by atoms with Gasteiger partial charge in [0.1, 0.15) is 17.9 Å². The third-order valence-corrected chi connectivity index (χ3v) is 7.81. The lowest BCUT2D eigenvalue weighted by Gasteiger charge is -2.37. The Labute approximate surface area is 254 Å². The number of piperazine rings is 1. The van der Waals surface area contributed by atoms with Crippen LogP contribution >= 0.6 is 0 Å². The van der Waals surface area contributed by atoms with Crippen LogP contribution in [-0.4, -0.2) is 98.8 Å². The second-order valence-electron chi connectivity index (χ2n) is 11.1. The molecule has 0 spiro atoms. The molecular formula is C32H42N8O3. The van der Waals surface area contributed by atoms with Crippen molar-refractivity contribution in [3.05, 3.63) is 73.1 Å². The topological polar surface area (TPSA) is 98.3 Å². The normalized spacial score (nSPS) is 17.3. The lowest BCUT2D eigenvalue weighted by atomic mass is 10.0. The fraction of sp³-hybridized carbons (Fsp3) is 0.406. The zero-order valence-electron chi connectivity index (χ0n) is 25.3. The van der Waals surface area contributed by atoms with Crippen molar-refractivity contribution in [2.45, 2.75) is 18.9 Å². The van der Waals surface area contributed by atoms with Gasteiger partial charge < -0.3 is 25.2 Å². The molecule has 2 saturated heterocycles. The number of carbonyl (C=O) groups is 1. The van der Waals surface area contributed by atoms with Crippen LogP contribution in [0.5, 0.6) is 5.75 Å². The fourth-order valence-electron chi connectivity index (χ4n) is 5.44. The minimum absolute atomic E-state index is 0.169. The number of hydrogen-bond donors (Lipinski definition) is 2. The number of hydrogen-bond acceptors (Lipinski definition) is 10. The van der Waals surface area contributed by atoms with Gasteiger partial charge in [-0.25, -0.2) is 15.0 Å². The standard InChI is InChI=1S/C32H42N8O3/c1-5-32(41)36-26-20-27(29(42-4)21-28(26)39-16-14-38(15-17-39)13-12-37(2)3)35-30-22-31(34-23-33-30)40-25(11-18-43-40)19-24-9-7-6-8-10-24/h5-10,20-23,25H,1,11-19H2,2-4H3,(H,36,41)(H,33,34,35)/t25-/m1/s1. The summed E-state index contributed by atoms with van der Waals surface area (Å²) in [5, 5.41) is 8.26. The third kappa shape index (κ3) is 7.81. The SMILES string of the molecule is C=CC(=O)Nc1cc(Nc2cc(N3OCC[C@@H]3Cc3ccccc3)ncn2)c(OC)cc1N1CCN(CCN(C)C)CC1. The summed E-state index contributed by atoms with van der Waals surface area (Å²) >= 11 is 0. The maximum absolute atomic E-state index is 12.4. The first-order chi connectivity index (χ1) is 20.9. The lowest BCUT2D eigenvalue weighted by Crippen LogP contribution is -2.48. The number of nitrogens with one attached hydrogen (secondary N) is 2. The Morgan fingerprint density at radius 3 is 2.63 bits per heavy atom. The van der Waals surface area contributed by atoms with E-state index in [0.717, 1.165) is 57.8 Å². The van der Waals surface area contributed by atoms with Gasteiger partial charge in [-0.05, 0) is 44.6 Å². The van der Waals surface area contributed by atoms with E-state index in [1.54, 1.807) is 7.11 Å². The van der Waals surface area contributed by atoms with E-state index in [1.807, 2.05) is 29.3 Å². The van der Waals surface area contributed by atoms with Crippen molar-refractivity contribution in [3.8, 4) is 5.75 Å². The Hall–Kier alpha value is -4.19. The average molecular weight is 587 g/mol. The molecule has 0 radical (unpaired) electrons. The Bertz CT molecular complexity index is 1380. The summed E-state index contributed by atoms with van der Waals surface area (Å²) in [6.45, 7) is 9.90. The van der Waals surface area contributed by atoms with E-state index in [9.17, 15) is 4.79 Å². The molecule has 11 heteroatoms. The number of carbonyl (C=O) groups excluding carboxylic acids is 1. The second kappa shape index (κ2) is 14.3. The van der Waals surface area contributed by atoms with Crippen molar-refractivity contribution < 1.29 is 14.4 Å². The lowest BCUT2D eigenvalue weighted by molar-refractivity contribution is -0.111. The highest BCUT2D eigenvalue weighted by Crippen LogP contribution is 2.39. The summed E-state index contributed by atoms with van der Waals surface area (Å²) in [5.74, 6) is 1.63. The molecule has 2 fully saturated rings. The number of likely N-dealkylation sites (N-methyl/N-ethyl adjacent to an activating group) is 1. The van der Waals surface area contributed by atoms with Crippen molar-refractivity contribution in [3.63, 3.8) is 0 Å². The van der Waals surface area contributed by atoms with Crippen LogP contribution < -0.4 is 25.3 Å². The molecule has 3 heterocycles. The number of amides is 1. The van der Waals surface area contributed by atoms with E-state index in [-0.39, 0.29) is 11.9 Å². The number of rotatable bonds is 12. The fourth-order valence-corrected chi connectivity index (χ4v) is 5.44. The smallest absolute Gasteiger partial charge is 0.247 e. The van der Waals surface area contributed by atoms with E-state index in [2.05, 4.69) is 80.2 Å². The summed E-state index contributed by atoms with van der Waals surface area (Å²) in [6, 6.07) is 16.3. The van der Waals surface area contributed by atoms with Crippen molar-refractivity contribution in [2.24, 2.45) is 0 Å². The van der Waals surface area contributed by atoms with Crippen molar-refractivity contribution >= 4 is 34.6 Å². The molecule has 1 atom stereocenters. The van der Waals surface area contributed by atoms with E-state index in [1.165, 1.54) is 18.0 Å². The van der Waals surface area contributed by atoms with Gasteiger partial charge in [0.2, 0.25) is 5.91 Å². The molecule has 0 unspecified atom stereocenters. The third-order valence-electron chi connectivity index (χ3n) is 7.81. The molecule has 2 aromatic carbocycles. The van der Waals surface area contributed by atoms with Crippen molar-refractivity contribution in [1.82, 2.24) is 19.8 Å². The summed E-state index contributed by atoms with van der Waals surface area (Å²) < 4.78 is 5.82. The molecule has 11 nitrogen and oxygen atoms in total. The van der Waals surface area contributed by atoms with Gasteiger partial charge in [-0.1, -0.05) is 36.9 Å². The van der Waals surface area contributed by atoms with Crippen LogP contribution in [0.25, 0.3) is 0 Å². The molecule has 2 aliphatic rings. The van der Waals surface area contributed by atoms with Gasteiger partial charge in [0, 0.05) is 51.4 Å². The van der Waals surface area contributed by atoms with Crippen LogP contribution in [0.2, 0.25) is 0 Å². The molecule has 2 aliphatic heterocycles. The molecule has 0 aliphatic carbocycles. The van der Waals surface area contributed by atoms with Crippen LogP contribution in [0.3, 0.4) is 0 Å². The van der Waals surface area contributed by atoms with Crippen LogP contribution in [0.15, 0.2) is 67.5 Å². The molecule has 1 aromatic heterocycles. The largest absolute Gasteiger partial charge is 0.494 e. The number of ether oxygens (including phenoxy) is 1. The zero-order chi connectivity index (χ0) is 30.2. The number of methoxy groups -OCH3 is 1. The van der Waals surface area contributed by atoms with Gasteiger partial charge in [-0.15, -0.1) is 0 Å². The van der Waals surface area contributed by atoms with Crippen molar-refractivity contribution in [1.29, 1.82) is 0 Å². The van der Waals surface area contributed by atoms with Crippen molar-refractivity contribution in [2.75, 3.05) is 87.7 Å². The Morgan fingerprint density at radius 1 is 1.12 bits per heavy atom. The molecule has 43 heavy (non-hydrogen) atoms. The van der Waals surface area contributed by atoms with Gasteiger partial charge >= 0.3 is 0 Å². The molecule has 2 N–H and O–H groups in total. The Kier molecular flexibility index (Phi) is 10.1. The predicted molar refractivity (Wildman–Crippen MR) is 171 cm³/mol. The summed E-state index contributed by atoms with van der Waals surface area (Å²) in [7, 11) is 5.83. The molecule has 0 saturated carbocycles. The number of nitrogens with zero attached hydrogens (tertiary/aromatic N) is 6. The predicted octanol–water partition coefficient (Wildman–Crippen LogP) is 3.79. The first kappa shape index (κ1) is 30.3. The number of hydroxylamine groups is 1. The van der Waals surface area contributed by atoms with E-state index >= 15 is 0 Å². The van der Waals surface area contributed by atoms with E-state index in [0.29, 0.717) is 35.4 Å². The minimum Gasteiger partial charge on any atom is -0.494 e. The second-order valence-corrected chi connectivity index (χ2v) is 11.1. The highest BCUT2D eigenvalue weighted by Gasteiger charge is 2.28. The first-order valence-corrected chi connectivity index (χ1v) is 14.8. The van der Waals surface area contributed by atoms with Gasteiger partial charge in [-0.3, -0.25) is 14.5 Å². The summed E-state index contributed by atoms with van der Waals surface area (Å²) in [4.78, 5) is 34.4. The van der Waals surface area contributed by atoms with E-state index < -0.39 is 0 Å². The van der Waals surface area contributed by atoms with Crippen LogP contribution in [0.1, 0.15) is 12.0 Å². The average Bonchev–Trinajstić information content (AvgIpc) is 3.49. The highest BCUT2D eigenvalue weighted by molar-refractivity contribution is 6.02. The number of anilines is 5. The number of benzene rings is 2. The Morgan fingerprint density at radius 2 is 1.91 bits per heavy atom. The maximum Gasteiger partial charge on any atom is 0.247 e. The minimum atomic E-state index is -0.276. The molecular weight excluding hydrogens is 544 g/mol. The van der Waals surface area contributed by atoms with Gasteiger partial charge in [0.15, 0.2) is 5.82 Å². The summed E-state index contributed by atoms with van der Waals surface area (Å²) in [6.07, 6.45) is 4.57. The van der Waals surface area contributed by atoms with Crippen LogP contribution in [0.4, 0.5) is 28.7 Å². The molecule has 3 aromatic rings. The monoisotopic (exact) mass is 586 g/mol. The summed E-state index contributed by atoms with van der Waals surface area (Å²) in [5.41, 5.74) is 3.50. The maximum atomic E-state index is 12.4. The quantitative estimate of drug-likeness (QED) is 0.305. The zero-order valence-corrected chi connectivity index (χ0v) is 25.3. The van der Waals surface area contributed by atoms with Crippen LogP contribution in [-0.2, 0) is 16.1 Å². The molecule has 1 amide bonds. The van der Waals surface area contributed by atoms with Gasteiger partial charge in [-0.2, -0.15) is 0 Å². The molecule has 5 rings (SSSR count). The van der Waals surface area contributed by atoms with Crippen LogP contribution in [0, 0.1) is 0 Å². The molecule has 228 valence electrons. The Balaban J connectivity index is 1.36.